The molecule has 12 heteroatoms. The number of amidine groups is 1. The molecule has 1 atom stereocenters. The fourth-order valence-electron chi connectivity index (χ4n) is 3.40. The Morgan fingerprint density at radius 1 is 1.26 bits per heavy atom. The number of ether oxygens (including phenoxy) is 1. The summed E-state index contributed by atoms with van der Waals surface area (Å²) in [7, 11) is 0. The van der Waals surface area contributed by atoms with Crippen LogP contribution in [0.25, 0.3) is 0 Å². The van der Waals surface area contributed by atoms with Crippen molar-refractivity contribution in [2.45, 2.75) is 51.8 Å². The van der Waals surface area contributed by atoms with Gasteiger partial charge >= 0.3 is 12.2 Å². The van der Waals surface area contributed by atoms with Crippen molar-refractivity contribution in [1.29, 1.82) is 0 Å². The zero-order chi connectivity index (χ0) is 25.0. The Hall–Kier alpha value is -4.22. The Balaban J connectivity index is 1.64. The maximum atomic E-state index is 12.8. The molecule has 34 heavy (non-hydrogen) atoms. The predicted molar refractivity (Wildman–Crippen MR) is 123 cm³/mol. The summed E-state index contributed by atoms with van der Waals surface area (Å²) in [4.78, 5) is 55.8. The number of nitrogens with one attached hydrogen (secondary N) is 2. The second kappa shape index (κ2) is 9.73. The molecule has 1 unspecified atom stereocenters. The smallest absolute Gasteiger partial charge is 0.436 e. The largest absolute Gasteiger partial charge is 0.465 e. The third-order valence-corrected chi connectivity index (χ3v) is 4.89. The summed E-state index contributed by atoms with van der Waals surface area (Å²) in [5, 5.41) is 13.6. The summed E-state index contributed by atoms with van der Waals surface area (Å²) in [6, 6.07) is 5.97. The normalized spacial score (nSPS) is 15.4. The van der Waals surface area contributed by atoms with Crippen LogP contribution in [0.5, 0.6) is 0 Å². The van der Waals surface area contributed by atoms with Crippen molar-refractivity contribution in [3.63, 3.8) is 0 Å². The molecule has 0 fully saturated rings. The maximum absolute atomic E-state index is 12.8. The van der Waals surface area contributed by atoms with Gasteiger partial charge in [0.05, 0.1) is 6.20 Å². The average Bonchev–Trinajstić information content (AvgIpc) is 3.17. The van der Waals surface area contributed by atoms with Crippen LogP contribution < -0.4 is 21.9 Å². The first-order valence-electron chi connectivity index (χ1n) is 10.5. The van der Waals surface area contributed by atoms with Crippen molar-refractivity contribution < 1.29 is 24.2 Å². The van der Waals surface area contributed by atoms with Crippen LogP contribution in [-0.2, 0) is 22.5 Å². The lowest BCUT2D eigenvalue weighted by Gasteiger charge is -2.17. The van der Waals surface area contributed by atoms with Crippen molar-refractivity contribution in [2.24, 2.45) is 10.7 Å². The van der Waals surface area contributed by atoms with Crippen LogP contribution in [0.1, 0.15) is 50.2 Å². The van der Waals surface area contributed by atoms with E-state index in [0.29, 0.717) is 24.2 Å². The van der Waals surface area contributed by atoms with Gasteiger partial charge in [-0.1, -0.05) is 24.3 Å². The van der Waals surface area contributed by atoms with Crippen LogP contribution in [0.2, 0.25) is 0 Å². The van der Waals surface area contributed by atoms with Gasteiger partial charge in [0.15, 0.2) is 0 Å². The summed E-state index contributed by atoms with van der Waals surface area (Å²) in [6.45, 7) is 5.36. The highest BCUT2D eigenvalue weighted by molar-refractivity contribution is 6.02. The molecule has 2 aromatic rings. The highest BCUT2D eigenvalue weighted by Crippen LogP contribution is 2.23. The fourth-order valence-corrected chi connectivity index (χ4v) is 3.40. The summed E-state index contributed by atoms with van der Waals surface area (Å²) in [6.07, 6.45) is -0.224. The number of fused-ring (bicyclic) bond motifs is 1. The van der Waals surface area contributed by atoms with E-state index in [0.717, 1.165) is 11.8 Å². The third kappa shape index (κ3) is 5.97. The Morgan fingerprint density at radius 2 is 1.94 bits per heavy atom. The monoisotopic (exact) mass is 470 g/mol. The average molecular weight is 470 g/mol. The number of carboxylic acid groups (broad SMARTS) is 1. The van der Waals surface area contributed by atoms with Gasteiger partial charge in [-0.05, 0) is 32.8 Å². The molecule has 1 aromatic carbocycles. The molecule has 12 nitrogen and oxygen atoms in total. The Bertz CT molecular complexity index is 1200. The molecule has 0 bridgehead atoms. The number of nitrogens with zero attached hydrogens (tertiary/aromatic N) is 3. The Kier molecular flexibility index (Phi) is 6.99. The van der Waals surface area contributed by atoms with Crippen molar-refractivity contribution in [2.75, 3.05) is 5.32 Å². The first-order valence-corrected chi connectivity index (χ1v) is 10.5. The van der Waals surface area contributed by atoms with Crippen molar-refractivity contribution in [3.8, 4) is 0 Å². The van der Waals surface area contributed by atoms with E-state index in [-0.39, 0.29) is 24.0 Å². The first-order chi connectivity index (χ1) is 15.9. The molecule has 1 aliphatic heterocycles. The predicted octanol–water partition coefficient (Wildman–Crippen LogP) is 1.78. The molecule has 3 rings (SSSR count). The lowest BCUT2D eigenvalue weighted by molar-refractivity contribution is -0.124. The molecule has 3 amide bonds. The number of nitrogens with two attached hydrogens (primary N) is 1. The van der Waals surface area contributed by atoms with Crippen LogP contribution in [0.4, 0.5) is 15.3 Å². The van der Waals surface area contributed by atoms with Crippen LogP contribution in [0, 0.1) is 0 Å². The number of aromatic nitrogens is 2. The molecule has 180 valence electrons. The lowest BCUT2D eigenvalue weighted by atomic mass is 10.1. The minimum atomic E-state index is -1.39. The van der Waals surface area contributed by atoms with Gasteiger partial charge in [-0.25, -0.2) is 14.6 Å². The number of hydrogen-bond acceptors (Lipinski definition) is 6. The number of aryl methyl sites for hydroxylation is 1. The van der Waals surface area contributed by atoms with Crippen molar-refractivity contribution in [1.82, 2.24) is 14.9 Å². The molecule has 5 N–H and O–H groups in total. The van der Waals surface area contributed by atoms with E-state index >= 15 is 0 Å². The zero-order valence-corrected chi connectivity index (χ0v) is 19.0. The van der Waals surface area contributed by atoms with Gasteiger partial charge in [0.2, 0.25) is 5.91 Å². The topological polar surface area (TPSA) is 178 Å². The van der Waals surface area contributed by atoms with E-state index < -0.39 is 29.4 Å². The van der Waals surface area contributed by atoms with Crippen LogP contribution in [-0.4, -0.2) is 44.2 Å². The van der Waals surface area contributed by atoms with Gasteiger partial charge < -0.3 is 20.9 Å². The van der Waals surface area contributed by atoms with Gasteiger partial charge in [0.1, 0.15) is 29.0 Å². The molecular formula is C22H26N6O6. The highest BCUT2D eigenvalue weighted by Gasteiger charge is 2.31. The van der Waals surface area contributed by atoms with Gasteiger partial charge in [-0.2, -0.15) is 4.99 Å². The minimum Gasteiger partial charge on any atom is -0.465 e. The number of carbonyl (C=O) groups is 3. The highest BCUT2D eigenvalue weighted by atomic mass is 16.6. The van der Waals surface area contributed by atoms with Gasteiger partial charge in [-0.15, -0.1) is 0 Å². The third-order valence-electron chi connectivity index (χ3n) is 4.89. The summed E-state index contributed by atoms with van der Waals surface area (Å²) in [5.74, 6) is 0.0421. The maximum Gasteiger partial charge on any atom is 0.436 e. The molecule has 1 aromatic heterocycles. The molecular weight excluding hydrogens is 444 g/mol. The summed E-state index contributed by atoms with van der Waals surface area (Å²) >= 11 is 0. The fraction of sp³-hybridized carbons (Fsp3) is 0.364. The lowest BCUT2D eigenvalue weighted by Crippen LogP contribution is -2.36. The number of carbonyl (C=O) groups excluding carboxylic acids is 2. The van der Waals surface area contributed by atoms with E-state index in [1.165, 1.54) is 4.57 Å². The van der Waals surface area contributed by atoms with E-state index in [4.69, 9.17) is 15.6 Å². The number of benzene rings is 1. The number of hydrogen-bond donors (Lipinski definition) is 4. The zero-order valence-electron chi connectivity index (χ0n) is 19.0. The molecule has 0 spiro atoms. The number of anilines is 1. The molecule has 2 heterocycles. The second-order valence-corrected chi connectivity index (χ2v) is 8.64. The quantitative estimate of drug-likeness (QED) is 0.377. The van der Waals surface area contributed by atoms with Gasteiger partial charge in [0, 0.05) is 18.5 Å². The van der Waals surface area contributed by atoms with E-state index in [1.807, 2.05) is 5.32 Å². The van der Waals surface area contributed by atoms with E-state index in [1.54, 1.807) is 45.0 Å². The number of amides is 3. The summed E-state index contributed by atoms with van der Waals surface area (Å²) < 4.78 is 6.33. The molecule has 0 saturated heterocycles. The van der Waals surface area contributed by atoms with Gasteiger partial charge in [0.25, 0.3) is 5.56 Å². The van der Waals surface area contributed by atoms with Crippen LogP contribution in [0.3, 0.4) is 0 Å². The second-order valence-electron chi connectivity index (χ2n) is 8.64. The Labute approximate surface area is 194 Å². The van der Waals surface area contributed by atoms with E-state index in [2.05, 4.69) is 15.3 Å². The molecule has 0 radical (unpaired) electrons. The summed E-state index contributed by atoms with van der Waals surface area (Å²) in [5.41, 5.74) is 5.63. The molecule has 0 aliphatic carbocycles. The van der Waals surface area contributed by atoms with Crippen molar-refractivity contribution >= 4 is 29.6 Å². The van der Waals surface area contributed by atoms with Crippen LogP contribution >= 0.6 is 0 Å². The van der Waals surface area contributed by atoms with Gasteiger partial charge in [-0.3, -0.25) is 19.5 Å². The first kappa shape index (κ1) is 24.4. The molecule has 0 saturated carbocycles. The molecule has 1 aliphatic rings. The minimum absolute atomic E-state index is 0.00467. The number of rotatable bonds is 5. The Morgan fingerprint density at radius 3 is 2.56 bits per heavy atom. The SMILES string of the molecule is CC(C)(C)OC(=O)/N=C(\N)c1ccc(CNC(=O)C2CCc3ncc(NC(=O)O)c(=O)n32)cc1. The van der Waals surface area contributed by atoms with Crippen LogP contribution in [0.15, 0.2) is 40.2 Å². The number of aliphatic imine (C=N–C) groups is 1. The van der Waals surface area contributed by atoms with Crippen molar-refractivity contribution in [3.05, 3.63) is 57.8 Å². The van der Waals surface area contributed by atoms with E-state index in [9.17, 15) is 19.2 Å². The standard InChI is InChI=1S/C22H26N6O6/c1-22(2,3)34-21(33)27-17(23)13-6-4-12(5-7-13)10-25-18(29)15-8-9-16-24-11-14(26-20(31)32)19(30)28(15)16/h4-7,11,15,26H,8-10H2,1-3H3,(H,25,29)(H,31,32)(H2,23,27,33).